The third-order valence-electron chi connectivity index (χ3n) is 3.62. The Bertz CT molecular complexity index is 453. The molecule has 0 saturated heterocycles. The van der Waals surface area contributed by atoms with Crippen LogP contribution < -0.4 is 11.1 Å². The topological polar surface area (TPSA) is 64.3 Å². The van der Waals surface area contributed by atoms with Crippen LogP contribution in [0.1, 0.15) is 31.7 Å². The Hall–Kier alpha value is -1.55. The molecule has 104 valence electrons. The first-order chi connectivity index (χ1) is 9.08. The Kier molecular flexibility index (Phi) is 4.43. The minimum atomic E-state index is 0.0733. The predicted octanol–water partition coefficient (Wildman–Crippen LogP) is 2.72. The third-order valence-corrected chi connectivity index (χ3v) is 3.62. The Morgan fingerprint density at radius 3 is 2.84 bits per heavy atom. The van der Waals surface area contributed by atoms with Gasteiger partial charge in [-0.2, -0.15) is 0 Å². The van der Waals surface area contributed by atoms with Gasteiger partial charge in [0.1, 0.15) is 0 Å². The standard InChI is InChI=1S/C15H22N2O2/c1-3-19-13-7-11(8-13)9-15(18)17-12-4-5-14(16)10(2)6-12/h4-6,11,13H,3,7-9,16H2,1-2H3,(H,17,18). The molecule has 0 aliphatic heterocycles. The summed E-state index contributed by atoms with van der Waals surface area (Å²) in [5.74, 6) is 0.538. The lowest BCUT2D eigenvalue weighted by molar-refractivity contribution is -0.119. The first kappa shape index (κ1) is 13.9. The Balaban J connectivity index is 1.77. The van der Waals surface area contributed by atoms with Crippen molar-refractivity contribution < 1.29 is 9.53 Å². The first-order valence-electron chi connectivity index (χ1n) is 6.86. The molecule has 1 aromatic carbocycles. The summed E-state index contributed by atoms with van der Waals surface area (Å²) >= 11 is 0. The highest BCUT2D eigenvalue weighted by Crippen LogP contribution is 2.32. The summed E-state index contributed by atoms with van der Waals surface area (Å²) in [4.78, 5) is 11.9. The fourth-order valence-electron chi connectivity index (χ4n) is 2.44. The van der Waals surface area contributed by atoms with Gasteiger partial charge in [0, 0.05) is 24.4 Å². The molecule has 1 aliphatic carbocycles. The van der Waals surface area contributed by atoms with Crippen molar-refractivity contribution >= 4 is 17.3 Å². The van der Waals surface area contributed by atoms with Gasteiger partial charge in [0.2, 0.25) is 5.91 Å². The molecule has 19 heavy (non-hydrogen) atoms. The normalized spacial score (nSPS) is 21.8. The second-order valence-electron chi connectivity index (χ2n) is 5.24. The number of carbonyl (C=O) groups is 1. The fraction of sp³-hybridized carbons (Fsp3) is 0.533. The van der Waals surface area contributed by atoms with Gasteiger partial charge in [0.25, 0.3) is 0 Å². The number of nitrogens with two attached hydrogens (primary N) is 1. The summed E-state index contributed by atoms with van der Waals surface area (Å²) < 4.78 is 5.49. The largest absolute Gasteiger partial charge is 0.399 e. The van der Waals surface area contributed by atoms with Crippen LogP contribution in [-0.4, -0.2) is 18.6 Å². The number of aryl methyl sites for hydroxylation is 1. The minimum absolute atomic E-state index is 0.0733. The van der Waals surface area contributed by atoms with Crippen molar-refractivity contribution in [3.8, 4) is 0 Å². The van der Waals surface area contributed by atoms with Gasteiger partial charge in [0.15, 0.2) is 0 Å². The van der Waals surface area contributed by atoms with Crippen molar-refractivity contribution in [3.63, 3.8) is 0 Å². The van der Waals surface area contributed by atoms with Gasteiger partial charge in [-0.3, -0.25) is 4.79 Å². The van der Waals surface area contributed by atoms with Gasteiger partial charge in [-0.1, -0.05) is 0 Å². The van der Waals surface area contributed by atoms with E-state index < -0.39 is 0 Å². The molecule has 0 spiro atoms. The number of nitrogens with one attached hydrogen (secondary N) is 1. The molecule has 3 N–H and O–H groups in total. The van der Waals surface area contributed by atoms with Crippen molar-refractivity contribution in [2.75, 3.05) is 17.7 Å². The van der Waals surface area contributed by atoms with Gasteiger partial charge in [-0.25, -0.2) is 0 Å². The number of carbonyl (C=O) groups excluding carboxylic acids is 1. The van der Waals surface area contributed by atoms with E-state index in [0.29, 0.717) is 18.4 Å². The molecule has 1 fully saturated rings. The molecule has 0 heterocycles. The molecule has 0 bridgehead atoms. The van der Waals surface area contributed by atoms with E-state index in [4.69, 9.17) is 10.5 Å². The maximum absolute atomic E-state index is 11.9. The van der Waals surface area contributed by atoms with Crippen LogP contribution >= 0.6 is 0 Å². The highest BCUT2D eigenvalue weighted by atomic mass is 16.5. The van der Waals surface area contributed by atoms with Crippen molar-refractivity contribution in [1.82, 2.24) is 0 Å². The lowest BCUT2D eigenvalue weighted by Gasteiger charge is -2.34. The van der Waals surface area contributed by atoms with Crippen molar-refractivity contribution in [2.45, 2.75) is 39.2 Å². The highest BCUT2D eigenvalue weighted by molar-refractivity contribution is 5.91. The molecule has 2 rings (SSSR count). The molecule has 4 heteroatoms. The molecule has 0 aromatic heterocycles. The quantitative estimate of drug-likeness (QED) is 0.802. The zero-order chi connectivity index (χ0) is 13.8. The van der Waals surface area contributed by atoms with Crippen molar-refractivity contribution in [1.29, 1.82) is 0 Å². The average molecular weight is 262 g/mol. The number of anilines is 2. The highest BCUT2D eigenvalue weighted by Gasteiger charge is 2.30. The molecule has 0 radical (unpaired) electrons. The van der Waals surface area contributed by atoms with E-state index in [1.54, 1.807) is 0 Å². The molecule has 0 atom stereocenters. The molecule has 1 aliphatic rings. The SMILES string of the molecule is CCOC1CC(CC(=O)Nc2ccc(N)c(C)c2)C1. The summed E-state index contributed by atoms with van der Waals surface area (Å²) in [5.41, 5.74) is 8.30. The monoisotopic (exact) mass is 262 g/mol. The number of rotatable bonds is 5. The summed E-state index contributed by atoms with van der Waals surface area (Å²) in [6.45, 7) is 4.70. The van der Waals surface area contributed by atoms with E-state index in [0.717, 1.165) is 36.4 Å². The van der Waals surface area contributed by atoms with Crippen LogP contribution in [0.4, 0.5) is 11.4 Å². The van der Waals surface area contributed by atoms with Gasteiger partial charge in [-0.05, 0) is 56.4 Å². The zero-order valence-electron chi connectivity index (χ0n) is 11.6. The number of hydrogen-bond acceptors (Lipinski definition) is 3. The number of nitrogen functional groups attached to an aromatic ring is 1. The van der Waals surface area contributed by atoms with E-state index in [1.807, 2.05) is 32.0 Å². The van der Waals surface area contributed by atoms with Crippen LogP contribution in [-0.2, 0) is 9.53 Å². The Morgan fingerprint density at radius 2 is 2.21 bits per heavy atom. The third kappa shape index (κ3) is 3.70. The maximum Gasteiger partial charge on any atom is 0.224 e. The average Bonchev–Trinajstić information content (AvgIpc) is 2.31. The van der Waals surface area contributed by atoms with Gasteiger partial charge in [-0.15, -0.1) is 0 Å². The van der Waals surface area contributed by atoms with E-state index in [2.05, 4.69) is 5.32 Å². The maximum atomic E-state index is 11.9. The van der Waals surface area contributed by atoms with Crippen LogP contribution in [0.25, 0.3) is 0 Å². The predicted molar refractivity (Wildman–Crippen MR) is 77.0 cm³/mol. The van der Waals surface area contributed by atoms with E-state index in [9.17, 15) is 4.79 Å². The second-order valence-corrected chi connectivity index (χ2v) is 5.24. The van der Waals surface area contributed by atoms with Gasteiger partial charge in [0.05, 0.1) is 6.10 Å². The van der Waals surface area contributed by atoms with Crippen LogP contribution in [0, 0.1) is 12.8 Å². The number of ether oxygens (including phenoxy) is 1. The van der Waals surface area contributed by atoms with Crippen LogP contribution in [0.5, 0.6) is 0 Å². The first-order valence-corrected chi connectivity index (χ1v) is 6.86. The van der Waals surface area contributed by atoms with E-state index >= 15 is 0 Å². The Morgan fingerprint density at radius 1 is 1.47 bits per heavy atom. The van der Waals surface area contributed by atoms with Gasteiger partial charge < -0.3 is 15.8 Å². The summed E-state index contributed by atoms with van der Waals surface area (Å²) in [6, 6.07) is 5.56. The van der Waals surface area contributed by atoms with Crippen molar-refractivity contribution in [2.24, 2.45) is 5.92 Å². The lowest BCUT2D eigenvalue weighted by atomic mass is 9.80. The summed E-state index contributed by atoms with van der Waals surface area (Å²) in [5, 5.41) is 2.92. The van der Waals surface area contributed by atoms with Crippen LogP contribution in [0.2, 0.25) is 0 Å². The molecule has 4 nitrogen and oxygen atoms in total. The van der Waals surface area contributed by atoms with Crippen LogP contribution in [0.3, 0.4) is 0 Å². The van der Waals surface area contributed by atoms with Gasteiger partial charge >= 0.3 is 0 Å². The molecule has 1 aromatic rings. The summed E-state index contributed by atoms with van der Waals surface area (Å²) in [6.07, 6.45) is 2.94. The second kappa shape index (κ2) is 6.06. The van der Waals surface area contributed by atoms with E-state index in [1.165, 1.54) is 0 Å². The lowest BCUT2D eigenvalue weighted by Crippen LogP contribution is -2.33. The van der Waals surface area contributed by atoms with Crippen molar-refractivity contribution in [3.05, 3.63) is 23.8 Å². The number of hydrogen-bond donors (Lipinski definition) is 2. The minimum Gasteiger partial charge on any atom is -0.399 e. The smallest absolute Gasteiger partial charge is 0.224 e. The zero-order valence-corrected chi connectivity index (χ0v) is 11.6. The molecular formula is C15H22N2O2. The Labute approximate surface area is 114 Å². The molecule has 1 saturated carbocycles. The van der Waals surface area contributed by atoms with Crippen LogP contribution in [0.15, 0.2) is 18.2 Å². The molecule has 1 amide bonds. The van der Waals surface area contributed by atoms with E-state index in [-0.39, 0.29) is 5.91 Å². The summed E-state index contributed by atoms with van der Waals surface area (Å²) in [7, 11) is 0. The molecule has 0 unspecified atom stereocenters. The number of amides is 1. The fourth-order valence-corrected chi connectivity index (χ4v) is 2.44. The molecular weight excluding hydrogens is 240 g/mol. The number of benzene rings is 1.